The molecule has 0 aliphatic carbocycles. The average Bonchev–Trinajstić information content (AvgIpc) is 3.27. The van der Waals surface area contributed by atoms with E-state index in [9.17, 15) is 9.90 Å². The molecule has 0 saturated carbocycles. The zero-order valence-electron chi connectivity index (χ0n) is 19.0. The van der Waals surface area contributed by atoms with Gasteiger partial charge in [0.25, 0.3) is 0 Å². The number of carbonyl (C=O) groups is 1. The molecule has 0 aliphatic heterocycles. The number of aliphatic carboxylic acids is 1. The average molecular weight is 561 g/mol. The van der Waals surface area contributed by atoms with Gasteiger partial charge in [-0.3, -0.25) is 0 Å². The van der Waals surface area contributed by atoms with E-state index in [1.807, 2.05) is 29.7 Å². The Balaban J connectivity index is 1.50. The Bertz CT molecular complexity index is 1400. The van der Waals surface area contributed by atoms with Crippen LogP contribution in [0.1, 0.15) is 18.1 Å². The van der Waals surface area contributed by atoms with Crippen LogP contribution >= 0.6 is 46.6 Å². The Hall–Kier alpha value is -2.97. The fraction of sp³-hybridized carbons (Fsp3) is 0.115. The third-order valence-corrected chi connectivity index (χ3v) is 6.97. The van der Waals surface area contributed by atoms with E-state index < -0.39 is 5.97 Å². The minimum Gasteiger partial charge on any atom is -0.489 e. The van der Waals surface area contributed by atoms with Crippen LogP contribution in [0, 0.1) is 0 Å². The summed E-state index contributed by atoms with van der Waals surface area (Å²) < 4.78 is 7.66. The predicted octanol–water partition coefficient (Wildman–Crippen LogP) is 7.72. The maximum absolute atomic E-state index is 12.0. The summed E-state index contributed by atoms with van der Waals surface area (Å²) in [7, 11) is 0. The standard InChI is InChI=1S/C26H20Cl3N3O3S/c1-2-32-24(17-5-8-19(27)9-6-17)30-31-26(32)36-23(25(33)34)13-16-3-11-21(12-4-16)35-15-18-7-10-20(28)14-22(18)29/h3-14H,2,15H2,1H3,(H,33,34)/b23-13-. The number of carboxylic acids is 1. The molecule has 36 heavy (non-hydrogen) atoms. The first kappa shape index (κ1) is 26.1. The lowest BCUT2D eigenvalue weighted by molar-refractivity contribution is -0.131. The van der Waals surface area contributed by atoms with Gasteiger partial charge in [0, 0.05) is 32.7 Å². The molecule has 4 aromatic rings. The maximum atomic E-state index is 12.0. The monoisotopic (exact) mass is 559 g/mol. The molecule has 0 fully saturated rings. The van der Waals surface area contributed by atoms with Gasteiger partial charge in [-0.1, -0.05) is 53.0 Å². The molecule has 184 valence electrons. The van der Waals surface area contributed by atoms with Crippen molar-refractivity contribution in [1.29, 1.82) is 0 Å². The highest BCUT2D eigenvalue weighted by atomic mass is 35.5. The van der Waals surface area contributed by atoms with Crippen LogP contribution in [-0.2, 0) is 17.9 Å². The number of hydrogen-bond donors (Lipinski definition) is 1. The molecule has 6 nitrogen and oxygen atoms in total. The van der Waals surface area contributed by atoms with Gasteiger partial charge in [-0.2, -0.15) is 0 Å². The Morgan fingerprint density at radius 3 is 2.33 bits per heavy atom. The molecule has 1 N–H and O–H groups in total. The minimum atomic E-state index is -1.06. The lowest BCUT2D eigenvalue weighted by Crippen LogP contribution is -2.02. The fourth-order valence-corrected chi connectivity index (χ4v) is 4.78. The van der Waals surface area contributed by atoms with E-state index in [4.69, 9.17) is 39.5 Å². The molecule has 0 saturated heterocycles. The van der Waals surface area contributed by atoms with Gasteiger partial charge < -0.3 is 14.4 Å². The van der Waals surface area contributed by atoms with Gasteiger partial charge in [0.1, 0.15) is 17.3 Å². The van der Waals surface area contributed by atoms with Gasteiger partial charge in [0.15, 0.2) is 11.0 Å². The summed E-state index contributed by atoms with van der Waals surface area (Å²) in [4.78, 5) is 12.1. The number of thioether (sulfide) groups is 1. The molecule has 0 unspecified atom stereocenters. The van der Waals surface area contributed by atoms with Crippen molar-refractivity contribution in [3.05, 3.63) is 97.8 Å². The molecule has 1 heterocycles. The van der Waals surface area contributed by atoms with Crippen LogP contribution in [0.25, 0.3) is 17.5 Å². The van der Waals surface area contributed by atoms with Gasteiger partial charge in [0.05, 0.1) is 0 Å². The van der Waals surface area contributed by atoms with Crippen LogP contribution in [-0.4, -0.2) is 25.8 Å². The quantitative estimate of drug-likeness (QED) is 0.167. The van der Waals surface area contributed by atoms with Crippen LogP contribution in [0.15, 0.2) is 76.8 Å². The largest absolute Gasteiger partial charge is 0.489 e. The summed E-state index contributed by atoms with van der Waals surface area (Å²) in [5, 5.41) is 20.5. The SMILES string of the molecule is CCn1c(S/C(=C\c2ccc(OCc3ccc(Cl)cc3Cl)cc2)C(=O)O)nnc1-c1ccc(Cl)cc1. The molecule has 1 aromatic heterocycles. The molecule has 0 aliphatic rings. The first-order valence-electron chi connectivity index (χ1n) is 10.8. The zero-order valence-corrected chi connectivity index (χ0v) is 22.1. The van der Waals surface area contributed by atoms with Crippen molar-refractivity contribution in [2.24, 2.45) is 0 Å². The van der Waals surface area contributed by atoms with E-state index in [-0.39, 0.29) is 11.5 Å². The molecule has 10 heteroatoms. The number of rotatable bonds is 9. The third kappa shape index (κ3) is 6.42. The van der Waals surface area contributed by atoms with Gasteiger partial charge in [-0.15, -0.1) is 10.2 Å². The maximum Gasteiger partial charge on any atom is 0.342 e. The smallest absolute Gasteiger partial charge is 0.342 e. The fourth-order valence-electron chi connectivity index (χ4n) is 3.31. The number of aromatic nitrogens is 3. The van der Waals surface area contributed by atoms with Gasteiger partial charge in [0.2, 0.25) is 0 Å². The van der Waals surface area contributed by atoms with E-state index in [1.165, 1.54) is 0 Å². The minimum absolute atomic E-state index is 0.112. The van der Waals surface area contributed by atoms with Gasteiger partial charge in [-0.25, -0.2) is 4.79 Å². The molecule has 0 bridgehead atoms. The van der Waals surface area contributed by atoms with E-state index in [2.05, 4.69) is 10.2 Å². The van der Waals surface area contributed by atoms with Crippen molar-refractivity contribution in [2.45, 2.75) is 25.2 Å². The first-order valence-corrected chi connectivity index (χ1v) is 12.8. The van der Waals surface area contributed by atoms with Crippen LogP contribution in [0.4, 0.5) is 0 Å². The number of carboxylic acid groups (broad SMARTS) is 1. The molecular formula is C26H20Cl3N3O3S. The molecule has 4 rings (SSSR count). The van der Waals surface area contributed by atoms with Crippen LogP contribution in [0.5, 0.6) is 5.75 Å². The highest BCUT2D eigenvalue weighted by molar-refractivity contribution is 8.04. The molecule has 3 aromatic carbocycles. The number of nitrogens with zero attached hydrogens (tertiary/aromatic N) is 3. The Labute approximate surface area is 227 Å². The molecule has 0 amide bonds. The molecule has 0 atom stereocenters. The predicted molar refractivity (Wildman–Crippen MR) is 145 cm³/mol. The van der Waals surface area contributed by atoms with Crippen molar-refractivity contribution in [2.75, 3.05) is 0 Å². The van der Waals surface area contributed by atoms with Gasteiger partial charge >= 0.3 is 5.97 Å². The summed E-state index contributed by atoms with van der Waals surface area (Å²) in [5.74, 6) is 0.209. The number of benzene rings is 3. The van der Waals surface area contributed by atoms with Crippen molar-refractivity contribution in [3.63, 3.8) is 0 Å². The Kier molecular flexibility index (Phi) is 8.59. The highest BCUT2D eigenvalue weighted by Gasteiger charge is 2.18. The lowest BCUT2D eigenvalue weighted by Gasteiger charge is -2.09. The molecule has 0 spiro atoms. The number of hydrogen-bond acceptors (Lipinski definition) is 5. The van der Waals surface area contributed by atoms with Crippen molar-refractivity contribution < 1.29 is 14.6 Å². The van der Waals surface area contributed by atoms with E-state index in [0.717, 1.165) is 22.9 Å². The lowest BCUT2D eigenvalue weighted by atomic mass is 10.2. The Morgan fingerprint density at radius 1 is 1.00 bits per heavy atom. The van der Waals surface area contributed by atoms with Crippen LogP contribution < -0.4 is 4.74 Å². The topological polar surface area (TPSA) is 77.2 Å². The van der Waals surface area contributed by atoms with E-state index >= 15 is 0 Å². The number of ether oxygens (including phenoxy) is 1. The van der Waals surface area contributed by atoms with Crippen molar-refractivity contribution in [3.8, 4) is 17.1 Å². The van der Waals surface area contributed by atoms with Gasteiger partial charge in [-0.05, 0) is 78.9 Å². The van der Waals surface area contributed by atoms with Crippen LogP contribution in [0.3, 0.4) is 0 Å². The molecular weight excluding hydrogens is 541 g/mol. The third-order valence-electron chi connectivity index (χ3n) is 5.13. The number of halogens is 3. The summed E-state index contributed by atoms with van der Waals surface area (Å²) in [5.41, 5.74) is 2.36. The van der Waals surface area contributed by atoms with Crippen molar-refractivity contribution in [1.82, 2.24) is 14.8 Å². The summed E-state index contributed by atoms with van der Waals surface area (Å²) in [6.07, 6.45) is 1.59. The van der Waals surface area contributed by atoms with Crippen molar-refractivity contribution >= 4 is 58.6 Å². The molecule has 0 radical (unpaired) electrons. The normalized spacial score (nSPS) is 11.5. The summed E-state index contributed by atoms with van der Waals surface area (Å²) in [6, 6.07) is 19.6. The zero-order chi connectivity index (χ0) is 25.7. The Morgan fingerprint density at radius 2 is 1.69 bits per heavy atom. The van der Waals surface area contributed by atoms with E-state index in [1.54, 1.807) is 54.6 Å². The van der Waals surface area contributed by atoms with Crippen LogP contribution in [0.2, 0.25) is 15.1 Å². The summed E-state index contributed by atoms with van der Waals surface area (Å²) >= 11 is 19.2. The van der Waals surface area contributed by atoms with E-state index in [0.29, 0.717) is 43.9 Å². The first-order chi connectivity index (χ1) is 17.3. The second-order valence-corrected chi connectivity index (χ2v) is 9.86. The highest BCUT2D eigenvalue weighted by Crippen LogP contribution is 2.31. The second kappa shape index (κ2) is 11.8. The second-order valence-electron chi connectivity index (χ2n) is 7.57. The summed E-state index contributed by atoms with van der Waals surface area (Å²) in [6.45, 7) is 2.81.